The third kappa shape index (κ3) is 5.88. The van der Waals surface area contributed by atoms with Crippen LogP contribution in [0.25, 0.3) is 0 Å². The number of hydrogen-bond acceptors (Lipinski definition) is 4. The molecule has 1 atom stereocenters. The van der Waals surface area contributed by atoms with Crippen LogP contribution in [0.3, 0.4) is 0 Å². The fourth-order valence-electron chi connectivity index (χ4n) is 4.97. The van der Waals surface area contributed by atoms with Crippen molar-refractivity contribution in [3.05, 3.63) is 42.0 Å². The first-order valence-corrected chi connectivity index (χ1v) is 11.6. The van der Waals surface area contributed by atoms with E-state index in [1.165, 1.54) is 0 Å². The number of likely N-dealkylation sites (tertiary alicyclic amines) is 1. The summed E-state index contributed by atoms with van der Waals surface area (Å²) >= 11 is 0. The molecule has 2 amide bonds. The lowest BCUT2D eigenvalue weighted by Crippen LogP contribution is -2.51. The van der Waals surface area contributed by atoms with Crippen LogP contribution in [0.5, 0.6) is 5.75 Å². The molecule has 2 saturated heterocycles. The molecule has 6 nitrogen and oxygen atoms in total. The molecule has 0 radical (unpaired) electrons. The van der Waals surface area contributed by atoms with Crippen LogP contribution < -0.4 is 10.1 Å². The van der Waals surface area contributed by atoms with Gasteiger partial charge in [0.05, 0.1) is 0 Å². The lowest BCUT2D eigenvalue weighted by molar-refractivity contribution is -0.136. The summed E-state index contributed by atoms with van der Waals surface area (Å²) in [6.07, 6.45) is 10.6. The molecule has 3 aliphatic heterocycles. The van der Waals surface area contributed by atoms with E-state index in [0.717, 1.165) is 69.6 Å². The molecule has 3 heterocycles. The van der Waals surface area contributed by atoms with Crippen molar-refractivity contribution < 1.29 is 19.1 Å². The van der Waals surface area contributed by atoms with Gasteiger partial charge in [0.15, 0.2) is 6.61 Å². The van der Waals surface area contributed by atoms with Gasteiger partial charge in [-0.15, -0.1) is 0 Å². The Morgan fingerprint density at radius 3 is 2.90 bits per heavy atom. The molecule has 0 unspecified atom stereocenters. The van der Waals surface area contributed by atoms with Crippen LogP contribution in [0.2, 0.25) is 0 Å². The number of rotatable bonds is 2. The molecule has 1 aromatic carbocycles. The van der Waals surface area contributed by atoms with Gasteiger partial charge in [0, 0.05) is 44.7 Å². The van der Waals surface area contributed by atoms with Crippen molar-refractivity contribution in [3.63, 3.8) is 0 Å². The normalized spacial score (nSPS) is 26.7. The van der Waals surface area contributed by atoms with Crippen molar-refractivity contribution in [1.82, 2.24) is 10.2 Å². The second-order valence-corrected chi connectivity index (χ2v) is 9.23. The molecule has 168 valence electrons. The van der Waals surface area contributed by atoms with Crippen LogP contribution >= 0.6 is 0 Å². The maximum Gasteiger partial charge on any atom is 0.257 e. The van der Waals surface area contributed by atoms with Gasteiger partial charge in [-0.05, 0) is 56.1 Å². The summed E-state index contributed by atoms with van der Waals surface area (Å²) in [4.78, 5) is 27.5. The molecule has 2 fully saturated rings. The quantitative estimate of drug-likeness (QED) is 0.738. The number of benzene rings is 1. The predicted octanol–water partition coefficient (Wildman–Crippen LogP) is 3.11. The van der Waals surface area contributed by atoms with Gasteiger partial charge in [-0.3, -0.25) is 9.59 Å². The second kappa shape index (κ2) is 10.3. The molecule has 1 spiro atoms. The van der Waals surface area contributed by atoms with Gasteiger partial charge in [0.1, 0.15) is 5.75 Å². The molecule has 0 saturated carbocycles. The fourth-order valence-corrected chi connectivity index (χ4v) is 4.97. The number of hydrogen-bond donors (Lipinski definition) is 1. The predicted molar refractivity (Wildman–Crippen MR) is 119 cm³/mol. The molecular weight excluding hydrogens is 392 g/mol. The molecule has 4 rings (SSSR count). The van der Waals surface area contributed by atoms with E-state index in [2.05, 4.69) is 17.5 Å². The van der Waals surface area contributed by atoms with Crippen LogP contribution in [0, 0.1) is 11.3 Å². The Morgan fingerprint density at radius 2 is 2.03 bits per heavy atom. The van der Waals surface area contributed by atoms with Gasteiger partial charge < -0.3 is 19.7 Å². The lowest BCUT2D eigenvalue weighted by atomic mass is 9.76. The average Bonchev–Trinajstić information content (AvgIpc) is 2.80. The number of piperidine rings is 1. The molecule has 31 heavy (non-hydrogen) atoms. The molecule has 0 aliphatic carbocycles. The van der Waals surface area contributed by atoms with Crippen molar-refractivity contribution >= 4 is 11.8 Å². The summed E-state index contributed by atoms with van der Waals surface area (Å²) < 4.78 is 11.2. The Kier molecular flexibility index (Phi) is 7.28. The van der Waals surface area contributed by atoms with E-state index in [1.807, 2.05) is 29.2 Å². The summed E-state index contributed by atoms with van der Waals surface area (Å²) in [5.41, 5.74) is 0.965. The number of carbonyl (C=O) groups is 2. The molecule has 1 aromatic rings. The van der Waals surface area contributed by atoms with Gasteiger partial charge >= 0.3 is 0 Å². The molecule has 3 aliphatic rings. The number of nitrogens with one attached hydrogen (secondary N) is 1. The van der Waals surface area contributed by atoms with E-state index >= 15 is 0 Å². The van der Waals surface area contributed by atoms with Crippen LogP contribution in [0.4, 0.5) is 0 Å². The number of fused-ring (bicyclic) bond motifs is 1. The molecular formula is C25H34N2O4. The van der Waals surface area contributed by atoms with E-state index in [-0.39, 0.29) is 23.8 Å². The summed E-state index contributed by atoms with van der Waals surface area (Å²) in [6.45, 7) is 3.65. The highest BCUT2D eigenvalue weighted by Crippen LogP contribution is 2.35. The minimum absolute atomic E-state index is 0.0171. The Labute approximate surface area is 185 Å². The van der Waals surface area contributed by atoms with Crippen LogP contribution in [-0.4, -0.2) is 56.2 Å². The second-order valence-electron chi connectivity index (χ2n) is 9.23. The third-order valence-corrected chi connectivity index (χ3v) is 6.87. The van der Waals surface area contributed by atoms with Crippen LogP contribution in [-0.2, 0) is 20.7 Å². The van der Waals surface area contributed by atoms with Gasteiger partial charge in [0.2, 0.25) is 5.91 Å². The Morgan fingerprint density at radius 1 is 1.19 bits per heavy atom. The Bertz CT molecular complexity index is 802. The van der Waals surface area contributed by atoms with E-state index in [1.54, 1.807) is 0 Å². The number of allylic oxidation sites excluding steroid dienone is 2. The van der Waals surface area contributed by atoms with E-state index in [0.29, 0.717) is 25.4 Å². The Balaban J connectivity index is 1.44. The van der Waals surface area contributed by atoms with Gasteiger partial charge in [-0.25, -0.2) is 0 Å². The van der Waals surface area contributed by atoms with Crippen molar-refractivity contribution in [2.24, 2.45) is 11.3 Å². The SMILES string of the molecule is O=C1COc2ccccc2C/C=C/C[C@]2(CCCN(C(=O)CC3CCOCC3)C2)CN1. The van der Waals surface area contributed by atoms with Crippen molar-refractivity contribution in [2.75, 3.05) is 39.5 Å². The van der Waals surface area contributed by atoms with Gasteiger partial charge in [-0.1, -0.05) is 30.4 Å². The minimum atomic E-state index is -0.117. The van der Waals surface area contributed by atoms with Crippen LogP contribution in [0.15, 0.2) is 36.4 Å². The number of nitrogens with zero attached hydrogens (tertiary/aromatic N) is 1. The zero-order valence-corrected chi connectivity index (χ0v) is 18.3. The number of amides is 2. The van der Waals surface area contributed by atoms with E-state index < -0.39 is 0 Å². The molecule has 0 bridgehead atoms. The third-order valence-electron chi connectivity index (χ3n) is 6.87. The first-order valence-electron chi connectivity index (χ1n) is 11.6. The minimum Gasteiger partial charge on any atom is -0.483 e. The van der Waals surface area contributed by atoms with E-state index in [9.17, 15) is 9.59 Å². The fraction of sp³-hybridized carbons (Fsp3) is 0.600. The standard InChI is InChI=1S/C25H34N2O4/c28-23-17-31-22-8-2-1-6-21(22)7-3-4-11-25(18-26-23)12-5-13-27(19-25)24(29)16-20-9-14-30-15-10-20/h1-4,6,8,20H,5,7,9-19H2,(H,26,28)/b4-3+/t25-/m0/s1. The Hall–Kier alpha value is -2.34. The summed E-state index contributed by atoms with van der Waals surface area (Å²) in [5.74, 6) is 1.35. The van der Waals surface area contributed by atoms with E-state index in [4.69, 9.17) is 9.47 Å². The first kappa shape index (κ1) is 21.9. The highest BCUT2D eigenvalue weighted by atomic mass is 16.5. The largest absolute Gasteiger partial charge is 0.483 e. The number of carbonyl (C=O) groups excluding carboxylic acids is 2. The monoisotopic (exact) mass is 426 g/mol. The average molecular weight is 427 g/mol. The summed E-state index contributed by atoms with van der Waals surface area (Å²) in [6, 6.07) is 7.87. The zero-order valence-electron chi connectivity index (χ0n) is 18.3. The smallest absolute Gasteiger partial charge is 0.257 e. The van der Waals surface area contributed by atoms with Crippen LogP contribution in [0.1, 0.15) is 44.1 Å². The molecule has 1 N–H and O–H groups in total. The first-order chi connectivity index (χ1) is 15.1. The maximum absolute atomic E-state index is 13.0. The summed E-state index contributed by atoms with van der Waals surface area (Å²) in [7, 11) is 0. The lowest BCUT2D eigenvalue weighted by Gasteiger charge is -2.43. The topological polar surface area (TPSA) is 67.9 Å². The van der Waals surface area contributed by atoms with Crippen molar-refractivity contribution in [1.29, 1.82) is 0 Å². The van der Waals surface area contributed by atoms with Crippen molar-refractivity contribution in [2.45, 2.75) is 44.9 Å². The maximum atomic E-state index is 13.0. The molecule has 0 aromatic heterocycles. The molecule has 6 heteroatoms. The van der Waals surface area contributed by atoms with Crippen molar-refractivity contribution in [3.8, 4) is 5.75 Å². The zero-order chi connectivity index (χ0) is 21.5. The number of para-hydroxylation sites is 1. The summed E-state index contributed by atoms with van der Waals surface area (Å²) in [5, 5.41) is 3.08. The van der Waals surface area contributed by atoms with Gasteiger partial charge in [-0.2, -0.15) is 0 Å². The highest BCUT2D eigenvalue weighted by Gasteiger charge is 2.37. The number of ether oxygens (including phenoxy) is 2. The van der Waals surface area contributed by atoms with Gasteiger partial charge in [0.25, 0.3) is 5.91 Å². The highest BCUT2D eigenvalue weighted by molar-refractivity contribution is 5.78.